The Kier molecular flexibility index (Phi) is 6.65. The Balaban J connectivity index is 1.55. The van der Waals surface area contributed by atoms with E-state index in [1.54, 1.807) is 31.1 Å². The molecule has 1 fully saturated rings. The van der Waals surface area contributed by atoms with E-state index in [2.05, 4.69) is 5.32 Å². The highest BCUT2D eigenvalue weighted by Gasteiger charge is 2.33. The van der Waals surface area contributed by atoms with Crippen LogP contribution in [-0.2, 0) is 22.6 Å². The Morgan fingerprint density at radius 2 is 1.69 bits per heavy atom. The number of likely N-dealkylation sites (tertiary alicyclic amines) is 1. The zero-order valence-corrected chi connectivity index (χ0v) is 16.9. The van der Waals surface area contributed by atoms with Gasteiger partial charge < -0.3 is 15.1 Å². The van der Waals surface area contributed by atoms with Gasteiger partial charge in [-0.3, -0.25) is 14.4 Å². The van der Waals surface area contributed by atoms with Gasteiger partial charge in [0.05, 0.1) is 6.42 Å². The zero-order valence-electron chi connectivity index (χ0n) is 16.9. The maximum atomic E-state index is 12.7. The van der Waals surface area contributed by atoms with Gasteiger partial charge in [0.1, 0.15) is 6.04 Å². The molecule has 0 saturated carbocycles. The highest BCUT2D eigenvalue weighted by Crippen LogP contribution is 2.19. The number of nitrogens with one attached hydrogen (secondary N) is 1. The predicted molar refractivity (Wildman–Crippen MR) is 111 cm³/mol. The molecule has 1 N–H and O–H groups in total. The maximum Gasteiger partial charge on any atom is 0.253 e. The standard InChI is InChI=1S/C23H27N3O3/c1-25(2)23(29)19-12-10-18(11-13-19)16-24-22(28)20-9-6-14-26(20)21(27)15-17-7-4-3-5-8-17/h3-5,7-8,10-13,20H,6,9,14-16H2,1-2H3,(H,24,28). The summed E-state index contributed by atoms with van der Waals surface area (Å²) in [6.07, 6.45) is 1.83. The second-order valence-corrected chi connectivity index (χ2v) is 7.52. The average Bonchev–Trinajstić information content (AvgIpc) is 3.23. The number of hydrogen-bond donors (Lipinski definition) is 1. The van der Waals surface area contributed by atoms with Gasteiger partial charge >= 0.3 is 0 Å². The smallest absolute Gasteiger partial charge is 0.253 e. The van der Waals surface area contributed by atoms with E-state index in [-0.39, 0.29) is 17.7 Å². The molecule has 2 aromatic carbocycles. The first-order valence-corrected chi connectivity index (χ1v) is 9.87. The molecule has 1 aliphatic heterocycles. The quantitative estimate of drug-likeness (QED) is 0.818. The van der Waals surface area contributed by atoms with Crippen LogP contribution in [0.5, 0.6) is 0 Å². The van der Waals surface area contributed by atoms with E-state index in [0.717, 1.165) is 17.5 Å². The van der Waals surface area contributed by atoms with Crippen molar-refractivity contribution in [2.24, 2.45) is 0 Å². The van der Waals surface area contributed by atoms with E-state index in [4.69, 9.17) is 0 Å². The summed E-state index contributed by atoms with van der Waals surface area (Å²) >= 11 is 0. The maximum absolute atomic E-state index is 12.7. The lowest BCUT2D eigenvalue weighted by molar-refractivity contribution is -0.138. The van der Waals surface area contributed by atoms with Crippen LogP contribution in [0.1, 0.15) is 34.3 Å². The van der Waals surface area contributed by atoms with Crippen molar-refractivity contribution in [2.75, 3.05) is 20.6 Å². The van der Waals surface area contributed by atoms with Crippen LogP contribution in [0.15, 0.2) is 54.6 Å². The molecular formula is C23H27N3O3. The minimum absolute atomic E-state index is 0.0135. The van der Waals surface area contributed by atoms with Crippen molar-refractivity contribution in [1.82, 2.24) is 15.1 Å². The Morgan fingerprint density at radius 1 is 1.00 bits per heavy atom. The van der Waals surface area contributed by atoms with Gasteiger partial charge in [-0.25, -0.2) is 0 Å². The van der Waals surface area contributed by atoms with Crippen LogP contribution >= 0.6 is 0 Å². The highest BCUT2D eigenvalue weighted by atomic mass is 16.2. The summed E-state index contributed by atoms with van der Waals surface area (Å²) in [6, 6.07) is 16.4. The Hall–Kier alpha value is -3.15. The first-order valence-electron chi connectivity index (χ1n) is 9.87. The van der Waals surface area contributed by atoms with Gasteiger partial charge in [0.2, 0.25) is 11.8 Å². The number of nitrogens with zero attached hydrogens (tertiary/aromatic N) is 2. The summed E-state index contributed by atoms with van der Waals surface area (Å²) in [5, 5.41) is 2.93. The second-order valence-electron chi connectivity index (χ2n) is 7.52. The molecule has 1 heterocycles. The molecule has 0 aliphatic carbocycles. The van der Waals surface area contributed by atoms with Gasteiger partial charge in [-0.1, -0.05) is 42.5 Å². The molecule has 3 rings (SSSR count). The Bertz CT molecular complexity index is 863. The van der Waals surface area contributed by atoms with E-state index in [1.165, 1.54) is 4.90 Å². The normalized spacial score (nSPS) is 15.8. The number of carbonyl (C=O) groups excluding carboxylic acids is 3. The molecular weight excluding hydrogens is 366 g/mol. The fourth-order valence-electron chi connectivity index (χ4n) is 3.54. The van der Waals surface area contributed by atoms with E-state index in [9.17, 15) is 14.4 Å². The van der Waals surface area contributed by atoms with Crippen molar-refractivity contribution in [3.8, 4) is 0 Å². The SMILES string of the molecule is CN(C)C(=O)c1ccc(CNC(=O)C2CCCN2C(=O)Cc2ccccc2)cc1. The monoisotopic (exact) mass is 393 g/mol. The third kappa shape index (κ3) is 5.22. The topological polar surface area (TPSA) is 69.7 Å². The molecule has 0 radical (unpaired) electrons. The number of amides is 3. The summed E-state index contributed by atoms with van der Waals surface area (Å²) in [6.45, 7) is 0.984. The zero-order chi connectivity index (χ0) is 20.8. The molecule has 6 nitrogen and oxygen atoms in total. The molecule has 1 saturated heterocycles. The van der Waals surface area contributed by atoms with E-state index < -0.39 is 6.04 Å². The summed E-state index contributed by atoms with van der Waals surface area (Å²) in [5.41, 5.74) is 2.48. The van der Waals surface area contributed by atoms with Gasteiger partial charge in [-0.15, -0.1) is 0 Å². The van der Waals surface area contributed by atoms with E-state index in [0.29, 0.717) is 31.5 Å². The molecule has 0 bridgehead atoms. The molecule has 0 spiro atoms. The summed E-state index contributed by atoms with van der Waals surface area (Å²) in [4.78, 5) is 40.5. The molecule has 1 unspecified atom stereocenters. The first-order chi connectivity index (χ1) is 14.0. The summed E-state index contributed by atoms with van der Waals surface area (Å²) in [7, 11) is 3.42. The third-order valence-corrected chi connectivity index (χ3v) is 5.15. The van der Waals surface area contributed by atoms with E-state index >= 15 is 0 Å². The van der Waals surface area contributed by atoms with Crippen LogP contribution in [-0.4, -0.2) is 54.2 Å². The van der Waals surface area contributed by atoms with Crippen LogP contribution in [0.3, 0.4) is 0 Å². The van der Waals surface area contributed by atoms with Crippen LogP contribution in [0.25, 0.3) is 0 Å². The molecule has 0 aromatic heterocycles. The number of rotatable bonds is 6. The molecule has 2 aromatic rings. The molecule has 1 aliphatic rings. The van der Waals surface area contributed by atoms with Gasteiger partial charge in [0, 0.05) is 32.7 Å². The molecule has 6 heteroatoms. The van der Waals surface area contributed by atoms with Gasteiger partial charge in [0.25, 0.3) is 5.91 Å². The van der Waals surface area contributed by atoms with Crippen LogP contribution < -0.4 is 5.32 Å². The molecule has 29 heavy (non-hydrogen) atoms. The largest absolute Gasteiger partial charge is 0.350 e. The number of benzene rings is 2. The Labute approximate surface area is 171 Å². The van der Waals surface area contributed by atoms with Crippen molar-refractivity contribution in [3.63, 3.8) is 0 Å². The molecule has 152 valence electrons. The van der Waals surface area contributed by atoms with Crippen molar-refractivity contribution in [3.05, 3.63) is 71.3 Å². The second kappa shape index (κ2) is 9.37. The third-order valence-electron chi connectivity index (χ3n) is 5.15. The molecule has 3 amide bonds. The fourth-order valence-corrected chi connectivity index (χ4v) is 3.54. The van der Waals surface area contributed by atoms with Crippen LogP contribution in [0, 0.1) is 0 Å². The predicted octanol–water partition coefficient (Wildman–Crippen LogP) is 2.24. The average molecular weight is 393 g/mol. The fraction of sp³-hybridized carbons (Fsp3) is 0.348. The lowest BCUT2D eigenvalue weighted by Gasteiger charge is -2.24. The minimum Gasteiger partial charge on any atom is -0.350 e. The Morgan fingerprint density at radius 3 is 2.34 bits per heavy atom. The lowest BCUT2D eigenvalue weighted by Crippen LogP contribution is -2.46. The van der Waals surface area contributed by atoms with Crippen molar-refractivity contribution in [2.45, 2.75) is 31.8 Å². The first kappa shape index (κ1) is 20.6. The summed E-state index contributed by atoms with van der Waals surface area (Å²) < 4.78 is 0. The highest BCUT2D eigenvalue weighted by molar-refractivity contribution is 5.94. The lowest BCUT2D eigenvalue weighted by atomic mass is 10.1. The minimum atomic E-state index is -0.416. The van der Waals surface area contributed by atoms with Crippen LogP contribution in [0.4, 0.5) is 0 Å². The van der Waals surface area contributed by atoms with Gasteiger partial charge in [-0.05, 0) is 36.1 Å². The van der Waals surface area contributed by atoms with Crippen molar-refractivity contribution < 1.29 is 14.4 Å². The summed E-state index contributed by atoms with van der Waals surface area (Å²) in [5.74, 6) is -0.197. The van der Waals surface area contributed by atoms with Gasteiger partial charge in [-0.2, -0.15) is 0 Å². The molecule has 1 atom stereocenters. The van der Waals surface area contributed by atoms with Crippen LogP contribution in [0.2, 0.25) is 0 Å². The number of carbonyl (C=O) groups is 3. The number of hydrogen-bond acceptors (Lipinski definition) is 3. The van der Waals surface area contributed by atoms with Gasteiger partial charge in [0.15, 0.2) is 0 Å². The van der Waals surface area contributed by atoms with E-state index in [1.807, 2.05) is 42.5 Å². The van der Waals surface area contributed by atoms with Crippen molar-refractivity contribution >= 4 is 17.7 Å². The van der Waals surface area contributed by atoms with Crippen molar-refractivity contribution in [1.29, 1.82) is 0 Å².